The third-order valence-electron chi connectivity index (χ3n) is 4.54. The van der Waals surface area contributed by atoms with Crippen molar-refractivity contribution in [1.29, 1.82) is 0 Å². The summed E-state index contributed by atoms with van der Waals surface area (Å²) in [6, 6.07) is 16.0. The Balaban J connectivity index is 1.54. The first-order valence-corrected chi connectivity index (χ1v) is 9.43. The molecule has 0 aliphatic carbocycles. The van der Waals surface area contributed by atoms with E-state index in [0.29, 0.717) is 6.54 Å². The summed E-state index contributed by atoms with van der Waals surface area (Å²) in [7, 11) is 1.82. The molecule has 0 bridgehead atoms. The van der Waals surface area contributed by atoms with Crippen LogP contribution in [0.3, 0.4) is 0 Å². The largest absolute Gasteiger partial charge is 0.489 e. The number of aromatic nitrogens is 2. The summed E-state index contributed by atoms with van der Waals surface area (Å²) < 4.78 is 20.8. The molecule has 0 saturated carbocycles. The second kappa shape index (κ2) is 9.34. The highest BCUT2D eigenvalue weighted by Gasteiger charge is 2.16. The van der Waals surface area contributed by atoms with E-state index < -0.39 is 5.82 Å². The number of nitrogens with zero attached hydrogens (tertiary/aromatic N) is 3. The Morgan fingerprint density at radius 3 is 2.55 bits per heavy atom. The number of carbonyl (C=O) groups excluding carboxylic acids is 1. The highest BCUT2D eigenvalue weighted by atomic mass is 19.1. The van der Waals surface area contributed by atoms with Gasteiger partial charge < -0.3 is 10.1 Å². The molecular weight excluding hydrogens is 371 g/mol. The van der Waals surface area contributed by atoms with Crippen LogP contribution in [0.25, 0.3) is 5.69 Å². The van der Waals surface area contributed by atoms with Crippen molar-refractivity contribution in [3.63, 3.8) is 0 Å². The van der Waals surface area contributed by atoms with Crippen LogP contribution in [0.4, 0.5) is 10.1 Å². The summed E-state index contributed by atoms with van der Waals surface area (Å²) in [6.45, 7) is 4.76. The topological polar surface area (TPSA) is 59.4 Å². The molecule has 0 unspecified atom stereocenters. The van der Waals surface area contributed by atoms with Crippen molar-refractivity contribution in [1.82, 2.24) is 14.7 Å². The lowest BCUT2D eigenvalue weighted by atomic mass is 10.3. The molecule has 0 saturated heterocycles. The molecule has 0 spiro atoms. The Kier molecular flexibility index (Phi) is 6.61. The molecule has 1 heterocycles. The van der Waals surface area contributed by atoms with E-state index in [-0.39, 0.29) is 24.8 Å². The molecule has 7 heteroatoms. The zero-order chi connectivity index (χ0) is 20.8. The fourth-order valence-corrected chi connectivity index (χ4v) is 3.02. The number of hydrogen-bond donors (Lipinski definition) is 1. The Labute approximate surface area is 169 Å². The van der Waals surface area contributed by atoms with Gasteiger partial charge in [0.05, 0.1) is 29.3 Å². The lowest BCUT2D eigenvalue weighted by Crippen LogP contribution is -2.33. The maximum Gasteiger partial charge on any atom is 0.238 e. The first-order chi connectivity index (χ1) is 14.0. The molecule has 1 amide bonds. The Morgan fingerprint density at radius 2 is 1.83 bits per heavy atom. The quantitative estimate of drug-likeness (QED) is 0.632. The summed E-state index contributed by atoms with van der Waals surface area (Å²) in [5, 5.41) is 7.49. The van der Waals surface area contributed by atoms with Crippen LogP contribution >= 0.6 is 0 Å². The number of likely N-dealkylation sites (N-methyl/N-ethyl adjacent to an activating group) is 1. The number of benzene rings is 2. The number of amides is 1. The van der Waals surface area contributed by atoms with E-state index in [0.717, 1.165) is 22.8 Å². The van der Waals surface area contributed by atoms with Crippen molar-refractivity contribution in [2.45, 2.75) is 13.8 Å². The lowest BCUT2D eigenvalue weighted by Gasteiger charge is -2.17. The Bertz CT molecular complexity index is 972. The van der Waals surface area contributed by atoms with Crippen LogP contribution in [-0.4, -0.2) is 47.3 Å². The van der Waals surface area contributed by atoms with Crippen LogP contribution in [-0.2, 0) is 4.79 Å². The summed E-state index contributed by atoms with van der Waals surface area (Å²) in [6.07, 6.45) is 0. The zero-order valence-corrected chi connectivity index (χ0v) is 16.9. The van der Waals surface area contributed by atoms with Crippen molar-refractivity contribution in [2.24, 2.45) is 0 Å². The minimum atomic E-state index is -0.394. The maximum absolute atomic E-state index is 13.6. The molecule has 152 valence electrons. The smallest absolute Gasteiger partial charge is 0.238 e. The molecule has 3 aromatic rings. The minimum Gasteiger partial charge on any atom is -0.489 e. The number of carbonyl (C=O) groups is 1. The summed E-state index contributed by atoms with van der Waals surface area (Å²) in [5.74, 6) is -0.323. The van der Waals surface area contributed by atoms with E-state index in [9.17, 15) is 9.18 Å². The van der Waals surface area contributed by atoms with Crippen LogP contribution in [0.2, 0.25) is 0 Å². The van der Waals surface area contributed by atoms with Crippen molar-refractivity contribution in [2.75, 3.05) is 32.1 Å². The molecule has 0 atom stereocenters. The first kappa shape index (κ1) is 20.5. The summed E-state index contributed by atoms with van der Waals surface area (Å²) >= 11 is 0. The fourth-order valence-electron chi connectivity index (χ4n) is 3.02. The van der Waals surface area contributed by atoms with E-state index in [1.165, 1.54) is 6.07 Å². The van der Waals surface area contributed by atoms with Gasteiger partial charge in [-0.15, -0.1) is 0 Å². The minimum absolute atomic E-state index is 0.141. The molecule has 0 fully saturated rings. The van der Waals surface area contributed by atoms with Gasteiger partial charge in [-0.1, -0.05) is 30.3 Å². The number of hydrogen-bond acceptors (Lipinski definition) is 4. The predicted octanol–water partition coefficient (Wildman–Crippen LogP) is 3.58. The van der Waals surface area contributed by atoms with Gasteiger partial charge in [0, 0.05) is 6.54 Å². The highest BCUT2D eigenvalue weighted by molar-refractivity contribution is 5.93. The van der Waals surface area contributed by atoms with Gasteiger partial charge >= 0.3 is 0 Å². The average Bonchev–Trinajstić information content (AvgIpc) is 2.98. The fraction of sp³-hybridized carbons (Fsp3) is 0.273. The van der Waals surface area contributed by atoms with Gasteiger partial charge in [-0.3, -0.25) is 9.69 Å². The van der Waals surface area contributed by atoms with Crippen molar-refractivity contribution in [3.05, 3.63) is 71.8 Å². The average molecular weight is 396 g/mol. The first-order valence-electron chi connectivity index (χ1n) is 9.43. The van der Waals surface area contributed by atoms with E-state index in [4.69, 9.17) is 4.74 Å². The van der Waals surface area contributed by atoms with Crippen molar-refractivity contribution >= 4 is 11.6 Å². The number of nitrogens with one attached hydrogen (secondary N) is 1. The Hall–Kier alpha value is -3.19. The van der Waals surface area contributed by atoms with Crippen LogP contribution in [0.5, 0.6) is 5.75 Å². The van der Waals surface area contributed by atoms with Gasteiger partial charge in [0.25, 0.3) is 0 Å². The molecule has 3 rings (SSSR count). The molecular formula is C22H25FN4O2. The molecule has 0 radical (unpaired) electrons. The summed E-state index contributed by atoms with van der Waals surface area (Å²) in [4.78, 5) is 14.3. The monoisotopic (exact) mass is 396 g/mol. The standard InChI is InChI=1S/C22H25FN4O2/c1-16-22(17(2)27(25-16)18-9-5-4-6-10-18)24-21(28)15-26(3)13-14-29-20-12-8-7-11-19(20)23/h4-12H,13-15H2,1-3H3,(H,24,28). The van der Waals surface area contributed by atoms with Crippen molar-refractivity contribution < 1.29 is 13.9 Å². The maximum atomic E-state index is 13.6. The number of rotatable bonds is 8. The van der Waals surface area contributed by atoms with Crippen LogP contribution in [0, 0.1) is 19.7 Å². The molecule has 1 aromatic heterocycles. The highest BCUT2D eigenvalue weighted by Crippen LogP contribution is 2.22. The van der Waals surface area contributed by atoms with Crippen LogP contribution in [0.15, 0.2) is 54.6 Å². The van der Waals surface area contributed by atoms with Crippen molar-refractivity contribution in [3.8, 4) is 11.4 Å². The van der Waals surface area contributed by atoms with Gasteiger partial charge in [-0.05, 0) is 45.2 Å². The van der Waals surface area contributed by atoms with Gasteiger partial charge in [0.15, 0.2) is 11.6 Å². The van der Waals surface area contributed by atoms with E-state index in [2.05, 4.69) is 10.4 Å². The van der Waals surface area contributed by atoms with Gasteiger partial charge in [0.1, 0.15) is 6.61 Å². The molecule has 2 aromatic carbocycles. The second-order valence-electron chi connectivity index (χ2n) is 6.86. The van der Waals surface area contributed by atoms with E-state index >= 15 is 0 Å². The van der Waals surface area contributed by atoms with Crippen LogP contribution < -0.4 is 10.1 Å². The lowest BCUT2D eigenvalue weighted by molar-refractivity contribution is -0.117. The number of para-hydroxylation sites is 2. The number of aryl methyl sites for hydroxylation is 1. The van der Waals surface area contributed by atoms with Gasteiger partial charge in [-0.25, -0.2) is 9.07 Å². The summed E-state index contributed by atoms with van der Waals surface area (Å²) in [5.41, 5.74) is 3.28. The number of halogens is 1. The Morgan fingerprint density at radius 1 is 1.14 bits per heavy atom. The number of anilines is 1. The predicted molar refractivity (Wildman–Crippen MR) is 111 cm³/mol. The molecule has 0 aliphatic rings. The molecule has 0 aliphatic heterocycles. The third kappa shape index (κ3) is 5.20. The normalized spacial score (nSPS) is 10.9. The van der Waals surface area contributed by atoms with Crippen LogP contribution in [0.1, 0.15) is 11.4 Å². The zero-order valence-electron chi connectivity index (χ0n) is 16.9. The van der Waals surface area contributed by atoms with E-state index in [1.54, 1.807) is 18.2 Å². The van der Waals surface area contributed by atoms with E-state index in [1.807, 2.05) is 60.8 Å². The van der Waals surface area contributed by atoms with Gasteiger partial charge in [0.2, 0.25) is 5.91 Å². The van der Waals surface area contributed by atoms with Gasteiger partial charge in [-0.2, -0.15) is 5.10 Å². The third-order valence-corrected chi connectivity index (χ3v) is 4.54. The number of ether oxygens (including phenoxy) is 1. The molecule has 1 N–H and O–H groups in total. The molecule has 6 nitrogen and oxygen atoms in total. The molecule has 29 heavy (non-hydrogen) atoms. The second-order valence-corrected chi connectivity index (χ2v) is 6.86. The SMILES string of the molecule is Cc1nn(-c2ccccc2)c(C)c1NC(=O)CN(C)CCOc1ccccc1F.